The molecule has 1 saturated heterocycles. The quantitative estimate of drug-likeness (QED) is 0.352. The van der Waals surface area contributed by atoms with Gasteiger partial charge in [-0.15, -0.1) is 0 Å². The van der Waals surface area contributed by atoms with Crippen molar-refractivity contribution < 1.29 is 23.8 Å². The minimum absolute atomic E-state index is 0.123. The van der Waals surface area contributed by atoms with E-state index in [0.717, 1.165) is 24.2 Å². The second kappa shape index (κ2) is 10.5. The number of nitrogens with one attached hydrogen (secondary N) is 2. The Morgan fingerprint density at radius 3 is 2.76 bits per heavy atom. The van der Waals surface area contributed by atoms with Gasteiger partial charge in [0.25, 0.3) is 5.91 Å². The van der Waals surface area contributed by atoms with Gasteiger partial charge in [0.15, 0.2) is 33.9 Å². The van der Waals surface area contributed by atoms with Gasteiger partial charge in [0.2, 0.25) is 6.79 Å². The van der Waals surface area contributed by atoms with E-state index in [4.69, 9.17) is 32.5 Å². The fourth-order valence-electron chi connectivity index (χ4n) is 4.63. The number of aromatic amines is 1. The topological polar surface area (TPSA) is 135 Å². The second-order valence-electron chi connectivity index (χ2n) is 9.18. The van der Waals surface area contributed by atoms with E-state index in [0.29, 0.717) is 58.8 Å². The maximum absolute atomic E-state index is 12.5. The van der Waals surface area contributed by atoms with Gasteiger partial charge in [-0.1, -0.05) is 17.2 Å². The lowest BCUT2D eigenvalue weighted by molar-refractivity contribution is -0.158. The number of aromatic nitrogens is 4. The van der Waals surface area contributed by atoms with Gasteiger partial charge >= 0.3 is 5.97 Å². The van der Waals surface area contributed by atoms with Gasteiger partial charge in [-0.2, -0.15) is 0 Å². The zero-order valence-corrected chi connectivity index (χ0v) is 21.5. The first-order valence-electron chi connectivity index (χ1n) is 12.1. The summed E-state index contributed by atoms with van der Waals surface area (Å²) in [7, 11) is 6.19. The molecule has 2 radical (unpaired) electrons. The van der Waals surface area contributed by atoms with Crippen LogP contribution in [0.5, 0.6) is 11.5 Å². The Morgan fingerprint density at radius 1 is 1.30 bits per heavy atom. The Hall–Kier alpha value is -3.48. The fourth-order valence-corrected chi connectivity index (χ4v) is 5.46. The maximum atomic E-state index is 12.5. The van der Waals surface area contributed by atoms with Crippen LogP contribution in [0.15, 0.2) is 28.5 Å². The number of H-pyrrole nitrogens is 1. The van der Waals surface area contributed by atoms with Gasteiger partial charge in [-0.25, -0.2) is 9.97 Å². The number of nitrogens with zero attached hydrogens (tertiary/aromatic N) is 4. The summed E-state index contributed by atoms with van der Waals surface area (Å²) < 4.78 is 17.8. The average Bonchev–Trinajstić information content (AvgIpc) is 3.50. The molecule has 11 nitrogen and oxygen atoms in total. The van der Waals surface area contributed by atoms with E-state index < -0.39 is 12.1 Å². The van der Waals surface area contributed by atoms with Crippen molar-refractivity contribution in [2.45, 2.75) is 55.8 Å². The highest BCUT2D eigenvalue weighted by molar-refractivity contribution is 7.99. The molecule has 0 unspecified atom stereocenters. The molecule has 1 atom stereocenters. The predicted molar refractivity (Wildman–Crippen MR) is 135 cm³/mol. The Labute approximate surface area is 218 Å². The first-order valence-corrected chi connectivity index (χ1v) is 12.9. The number of esters is 1. The van der Waals surface area contributed by atoms with E-state index in [-0.39, 0.29) is 18.2 Å². The summed E-state index contributed by atoms with van der Waals surface area (Å²) in [6.45, 7) is 5.05. The van der Waals surface area contributed by atoms with Gasteiger partial charge in [-0.3, -0.25) is 15.0 Å². The van der Waals surface area contributed by atoms with Gasteiger partial charge in [0.05, 0.1) is 6.33 Å². The molecule has 0 saturated carbocycles. The minimum Gasteiger partial charge on any atom is -0.454 e. The van der Waals surface area contributed by atoms with Crippen LogP contribution < -0.4 is 20.4 Å². The Bertz CT molecular complexity index is 1400. The lowest BCUT2D eigenvalue weighted by atomic mass is 9.93. The molecule has 3 aromatic rings. The van der Waals surface area contributed by atoms with Crippen LogP contribution in [0.4, 0.5) is 0 Å². The molecule has 37 heavy (non-hydrogen) atoms. The highest BCUT2D eigenvalue weighted by Crippen LogP contribution is 2.36. The van der Waals surface area contributed by atoms with Crippen molar-refractivity contribution in [2.24, 2.45) is 5.92 Å². The molecule has 13 heteroatoms. The molecule has 0 spiro atoms. The molecule has 1 fully saturated rings. The van der Waals surface area contributed by atoms with Crippen molar-refractivity contribution in [3.05, 3.63) is 23.9 Å². The lowest BCUT2D eigenvalue weighted by Gasteiger charge is -2.33. The number of benzene rings is 1. The van der Waals surface area contributed by atoms with Crippen LogP contribution in [0.3, 0.4) is 0 Å². The molecule has 1 amide bonds. The van der Waals surface area contributed by atoms with Crippen molar-refractivity contribution in [3.63, 3.8) is 0 Å². The average molecular weight is 522 g/mol. The van der Waals surface area contributed by atoms with Crippen LogP contribution in [0.2, 0.25) is 0 Å². The molecule has 2 aliphatic heterocycles. The summed E-state index contributed by atoms with van der Waals surface area (Å²) in [5, 5.41) is 8.83. The summed E-state index contributed by atoms with van der Waals surface area (Å²) in [4.78, 5) is 38.3. The number of aryl methyl sites for hydroxylation is 1. The zero-order chi connectivity index (χ0) is 26.1. The highest BCUT2D eigenvalue weighted by atomic mass is 32.2. The van der Waals surface area contributed by atoms with Crippen molar-refractivity contribution >= 4 is 48.1 Å². The Balaban J connectivity index is 1.23. The third-order valence-electron chi connectivity index (χ3n) is 6.60. The first kappa shape index (κ1) is 25.2. The standard InChI is InChI=1S/C24H27BN6O5S/c1-13(36-14(2)32)23(33)30-6-3-15(4-7-30)5-8-31-11-27-21(26)20-22(31)29-24(28-20)37-19-10-18-17(9-16(19)25)34-12-35-18/h9-11,13,15,26H,3-8,12H2,1-2H3,(H,28,29)/t13-/m0/s1. The minimum atomic E-state index is -0.757. The number of imidazole rings is 1. The molecule has 1 aromatic carbocycles. The number of likely N-dealkylation sites (tertiary alicyclic amines) is 1. The summed E-state index contributed by atoms with van der Waals surface area (Å²) in [6.07, 6.45) is 3.53. The molecule has 2 N–H and O–H groups in total. The molecular formula is C24H27BN6O5S. The monoisotopic (exact) mass is 522 g/mol. The van der Waals surface area contributed by atoms with E-state index in [2.05, 4.69) is 9.97 Å². The molecule has 0 aliphatic carbocycles. The Morgan fingerprint density at radius 2 is 2.03 bits per heavy atom. The number of carbonyl (C=O) groups is 2. The van der Waals surface area contributed by atoms with Gasteiger partial charge in [0.1, 0.15) is 13.4 Å². The van der Waals surface area contributed by atoms with Crippen molar-refractivity contribution in [1.82, 2.24) is 24.4 Å². The van der Waals surface area contributed by atoms with Crippen molar-refractivity contribution in [3.8, 4) is 11.5 Å². The van der Waals surface area contributed by atoms with Crippen LogP contribution in [0.25, 0.3) is 11.2 Å². The third kappa shape index (κ3) is 5.46. The van der Waals surface area contributed by atoms with Gasteiger partial charge < -0.3 is 28.7 Å². The van der Waals surface area contributed by atoms with E-state index in [1.54, 1.807) is 24.2 Å². The normalized spacial score (nSPS) is 16.2. The first-order chi connectivity index (χ1) is 17.8. The number of hydrogen-bond acceptors (Lipinski definition) is 9. The van der Waals surface area contributed by atoms with Crippen LogP contribution in [-0.4, -0.2) is 70.1 Å². The highest BCUT2D eigenvalue weighted by Gasteiger charge is 2.27. The molecule has 2 aromatic heterocycles. The van der Waals surface area contributed by atoms with Gasteiger partial charge in [-0.05, 0) is 44.2 Å². The molecule has 192 valence electrons. The number of amides is 1. The molecule has 5 rings (SSSR count). The van der Waals surface area contributed by atoms with E-state index in [1.165, 1.54) is 18.7 Å². The van der Waals surface area contributed by atoms with Crippen LogP contribution in [-0.2, 0) is 20.9 Å². The molecule has 0 bridgehead atoms. The second-order valence-corrected chi connectivity index (χ2v) is 10.2. The number of fused-ring (bicyclic) bond motifs is 2. The zero-order valence-electron chi connectivity index (χ0n) is 20.7. The van der Waals surface area contributed by atoms with E-state index in [1.807, 2.05) is 10.6 Å². The fraction of sp³-hybridized carbons (Fsp3) is 0.458. The number of rotatable bonds is 7. The third-order valence-corrected chi connectivity index (χ3v) is 7.56. The predicted octanol–water partition coefficient (Wildman–Crippen LogP) is 1.49. The molecule has 4 heterocycles. The van der Waals surface area contributed by atoms with Crippen LogP contribution >= 0.6 is 11.8 Å². The van der Waals surface area contributed by atoms with Gasteiger partial charge in [0, 0.05) is 31.5 Å². The van der Waals surface area contributed by atoms with Crippen LogP contribution in [0, 0.1) is 11.3 Å². The molecule has 2 aliphatic rings. The van der Waals surface area contributed by atoms with Crippen molar-refractivity contribution in [1.29, 1.82) is 5.41 Å². The summed E-state index contributed by atoms with van der Waals surface area (Å²) in [5.74, 6) is 1.10. The number of carbonyl (C=O) groups excluding carboxylic acids is 2. The lowest BCUT2D eigenvalue weighted by Crippen LogP contribution is -2.44. The summed E-state index contributed by atoms with van der Waals surface area (Å²) in [6, 6.07) is 3.56. The number of ether oxygens (including phenoxy) is 3. The summed E-state index contributed by atoms with van der Waals surface area (Å²) >= 11 is 1.36. The number of piperidine rings is 1. The summed E-state index contributed by atoms with van der Waals surface area (Å²) in [5.41, 5.74) is 1.89. The van der Waals surface area contributed by atoms with E-state index >= 15 is 0 Å². The van der Waals surface area contributed by atoms with E-state index in [9.17, 15) is 9.59 Å². The van der Waals surface area contributed by atoms with Crippen molar-refractivity contribution in [2.75, 3.05) is 19.9 Å². The largest absolute Gasteiger partial charge is 0.454 e. The Kier molecular flexibility index (Phi) is 7.14. The van der Waals surface area contributed by atoms with Crippen LogP contribution in [0.1, 0.15) is 33.1 Å². The maximum Gasteiger partial charge on any atom is 0.303 e. The smallest absolute Gasteiger partial charge is 0.303 e. The molecular weight excluding hydrogens is 495 g/mol. The SMILES string of the molecule is [B]c1cc2c(cc1Sc1nc3c([nH]1)c(=N)ncn3CCC1CCN(C(=O)[C@H](C)OC(C)=O)CC1)OCO2. The number of hydrogen-bond donors (Lipinski definition) is 2.